The number of aromatic nitrogens is 2. The van der Waals surface area contributed by atoms with Gasteiger partial charge in [0.25, 0.3) is 0 Å². The molecule has 1 heterocycles. The Morgan fingerprint density at radius 2 is 1.89 bits per heavy atom. The molecule has 3 unspecified atom stereocenters. The molecule has 3 atom stereocenters. The van der Waals surface area contributed by atoms with Crippen LogP contribution in [-0.4, -0.2) is 39.5 Å². The van der Waals surface area contributed by atoms with Crippen LogP contribution in [0.2, 0.25) is 0 Å². The highest BCUT2D eigenvalue weighted by molar-refractivity contribution is 5.73. The molecule has 2 aromatic carbocycles. The van der Waals surface area contributed by atoms with Crippen LogP contribution in [0.4, 0.5) is 8.78 Å². The summed E-state index contributed by atoms with van der Waals surface area (Å²) in [5, 5.41) is 22.1. The van der Waals surface area contributed by atoms with Crippen molar-refractivity contribution in [3.8, 4) is 0 Å². The van der Waals surface area contributed by atoms with Gasteiger partial charge in [0, 0.05) is 38.3 Å². The molecular formula is C29H38F2N4O2. The fourth-order valence-corrected chi connectivity index (χ4v) is 5.10. The van der Waals surface area contributed by atoms with Crippen molar-refractivity contribution in [1.82, 2.24) is 20.4 Å². The van der Waals surface area contributed by atoms with Crippen molar-refractivity contribution in [2.75, 3.05) is 6.54 Å². The zero-order valence-corrected chi connectivity index (χ0v) is 22.3. The molecule has 0 spiro atoms. The van der Waals surface area contributed by atoms with E-state index < -0.39 is 29.3 Å². The van der Waals surface area contributed by atoms with Gasteiger partial charge in [-0.25, -0.2) is 8.78 Å². The zero-order valence-electron chi connectivity index (χ0n) is 22.3. The molecule has 0 bridgehead atoms. The normalized spacial score (nSPS) is 18.3. The molecule has 0 saturated heterocycles. The Balaban J connectivity index is 0.00000186. The Kier molecular flexibility index (Phi) is 9.56. The first-order valence-electron chi connectivity index (χ1n) is 12.9. The molecule has 1 amide bonds. The molecule has 3 aromatic rings. The maximum atomic E-state index is 13.7. The van der Waals surface area contributed by atoms with E-state index in [2.05, 4.69) is 40.9 Å². The molecule has 1 aliphatic carbocycles. The quantitative estimate of drug-likeness (QED) is 0.424. The second-order valence-corrected chi connectivity index (χ2v) is 9.64. The number of carbonyl (C=O) groups is 1. The van der Waals surface area contributed by atoms with Crippen molar-refractivity contribution in [1.29, 1.82) is 0 Å². The first-order valence-corrected chi connectivity index (χ1v) is 12.9. The third-order valence-corrected chi connectivity index (χ3v) is 6.72. The molecule has 0 aliphatic heterocycles. The highest BCUT2D eigenvalue weighted by atomic mass is 19.1. The average molecular weight is 513 g/mol. The fraction of sp³-hybridized carbons (Fsp3) is 0.448. The highest BCUT2D eigenvalue weighted by Gasteiger charge is 2.38. The van der Waals surface area contributed by atoms with Crippen molar-refractivity contribution < 1.29 is 18.7 Å². The van der Waals surface area contributed by atoms with Crippen molar-refractivity contribution >= 4 is 5.91 Å². The van der Waals surface area contributed by atoms with Crippen molar-refractivity contribution in [3.63, 3.8) is 0 Å². The summed E-state index contributed by atoms with van der Waals surface area (Å²) in [7, 11) is 1.91. The highest BCUT2D eigenvalue weighted by Crippen LogP contribution is 2.36. The smallest absolute Gasteiger partial charge is 0.217 e. The molecule has 1 aliphatic rings. The SMILES string of the molecule is CC.CC(=O)NC(Cc1cc(F)cc(F)c1)C(O)CNC1(c2cccc(C)c2)CCc2nn(C)cc2C1. The number of halogens is 2. The van der Waals surface area contributed by atoms with Crippen LogP contribution in [0.3, 0.4) is 0 Å². The van der Waals surface area contributed by atoms with E-state index in [-0.39, 0.29) is 18.9 Å². The van der Waals surface area contributed by atoms with Gasteiger partial charge in [0.15, 0.2) is 0 Å². The van der Waals surface area contributed by atoms with Crippen molar-refractivity contribution in [2.24, 2.45) is 7.05 Å². The minimum Gasteiger partial charge on any atom is -0.390 e. The Morgan fingerprint density at radius 3 is 2.54 bits per heavy atom. The van der Waals surface area contributed by atoms with Gasteiger partial charge in [-0.05, 0) is 61.4 Å². The van der Waals surface area contributed by atoms with Crippen LogP contribution >= 0.6 is 0 Å². The van der Waals surface area contributed by atoms with Crippen LogP contribution in [0.1, 0.15) is 55.1 Å². The van der Waals surface area contributed by atoms with Crippen LogP contribution in [0.25, 0.3) is 0 Å². The van der Waals surface area contributed by atoms with Gasteiger partial charge in [-0.15, -0.1) is 0 Å². The van der Waals surface area contributed by atoms with E-state index in [1.807, 2.05) is 37.8 Å². The van der Waals surface area contributed by atoms with Crippen molar-refractivity contribution in [2.45, 2.75) is 71.1 Å². The Morgan fingerprint density at radius 1 is 1.19 bits per heavy atom. The number of hydrogen-bond acceptors (Lipinski definition) is 4. The monoisotopic (exact) mass is 512 g/mol. The van der Waals surface area contributed by atoms with Gasteiger partial charge in [0.1, 0.15) is 11.6 Å². The Bertz CT molecular complexity index is 1190. The number of rotatable bonds is 8. The summed E-state index contributed by atoms with van der Waals surface area (Å²) >= 11 is 0. The minimum atomic E-state index is -0.984. The first-order chi connectivity index (χ1) is 17.6. The van der Waals surface area contributed by atoms with Gasteiger partial charge >= 0.3 is 0 Å². The third-order valence-electron chi connectivity index (χ3n) is 6.72. The summed E-state index contributed by atoms with van der Waals surface area (Å²) in [4.78, 5) is 11.9. The fourth-order valence-electron chi connectivity index (χ4n) is 5.10. The van der Waals surface area contributed by atoms with E-state index in [9.17, 15) is 18.7 Å². The largest absolute Gasteiger partial charge is 0.390 e. The molecule has 0 radical (unpaired) electrons. The molecule has 3 N–H and O–H groups in total. The molecule has 200 valence electrons. The van der Waals surface area contributed by atoms with E-state index in [4.69, 9.17) is 0 Å². The Labute approximate surface area is 218 Å². The summed E-state index contributed by atoms with van der Waals surface area (Å²) < 4.78 is 29.3. The minimum absolute atomic E-state index is 0.0985. The van der Waals surface area contributed by atoms with Crippen LogP contribution in [-0.2, 0) is 36.6 Å². The summed E-state index contributed by atoms with van der Waals surface area (Å²) in [6.45, 7) is 7.60. The van der Waals surface area contributed by atoms with Crippen LogP contribution in [0.5, 0.6) is 0 Å². The maximum Gasteiger partial charge on any atom is 0.217 e. The maximum absolute atomic E-state index is 13.7. The van der Waals surface area contributed by atoms with Gasteiger partial charge in [0.2, 0.25) is 5.91 Å². The zero-order chi connectivity index (χ0) is 27.2. The van der Waals surface area contributed by atoms with Gasteiger partial charge in [0.05, 0.1) is 17.8 Å². The number of hydrogen-bond donors (Lipinski definition) is 3. The number of aryl methyl sites for hydroxylation is 3. The number of fused-ring (bicyclic) bond motifs is 1. The summed E-state index contributed by atoms with van der Waals surface area (Å²) in [6.07, 6.45) is 3.46. The number of nitrogens with one attached hydrogen (secondary N) is 2. The lowest BCUT2D eigenvalue weighted by atomic mass is 9.75. The van der Waals surface area contributed by atoms with E-state index in [0.717, 1.165) is 41.3 Å². The summed E-state index contributed by atoms with van der Waals surface area (Å²) in [6, 6.07) is 10.9. The predicted molar refractivity (Wildman–Crippen MR) is 141 cm³/mol. The lowest BCUT2D eigenvalue weighted by Gasteiger charge is -2.40. The second-order valence-electron chi connectivity index (χ2n) is 9.64. The van der Waals surface area contributed by atoms with Gasteiger partial charge in [-0.1, -0.05) is 43.7 Å². The first kappa shape index (κ1) is 28.5. The van der Waals surface area contributed by atoms with E-state index in [1.165, 1.54) is 19.1 Å². The van der Waals surface area contributed by atoms with E-state index in [1.54, 1.807) is 0 Å². The standard InChI is InChI=1S/C27H32F2N4O2.C2H6/c1-17-5-4-6-21(9-17)27(8-7-24-20(14-27)16-33(3)32-24)30-15-26(35)25(31-18(2)34)12-19-10-22(28)13-23(29)11-19;1-2/h4-6,9-11,13,16,25-26,30,35H,7-8,12,14-15H2,1-3H3,(H,31,34);1-2H3. The predicted octanol–water partition coefficient (Wildman–Crippen LogP) is 4.12. The number of aliphatic hydroxyl groups is 1. The van der Waals surface area contributed by atoms with E-state index in [0.29, 0.717) is 12.0 Å². The second kappa shape index (κ2) is 12.4. The third kappa shape index (κ3) is 7.23. The van der Waals surface area contributed by atoms with Gasteiger partial charge < -0.3 is 15.7 Å². The molecule has 0 saturated carbocycles. The summed E-state index contributed by atoms with van der Waals surface area (Å²) in [5.41, 5.74) is 4.46. The molecular weight excluding hydrogens is 474 g/mol. The molecule has 4 rings (SSSR count). The number of carbonyl (C=O) groups excluding carboxylic acids is 1. The Hall–Kier alpha value is -3.10. The number of benzene rings is 2. The molecule has 6 nitrogen and oxygen atoms in total. The number of nitrogens with zero attached hydrogens (tertiary/aromatic N) is 2. The summed E-state index contributed by atoms with van der Waals surface area (Å²) in [5.74, 6) is -1.71. The molecule has 1 aromatic heterocycles. The number of aliphatic hydroxyl groups excluding tert-OH is 1. The molecule has 8 heteroatoms. The lowest BCUT2D eigenvalue weighted by molar-refractivity contribution is -0.120. The van der Waals surface area contributed by atoms with Crippen LogP contribution in [0.15, 0.2) is 48.7 Å². The molecule has 37 heavy (non-hydrogen) atoms. The van der Waals surface area contributed by atoms with Crippen molar-refractivity contribution in [3.05, 3.63) is 88.2 Å². The van der Waals surface area contributed by atoms with Crippen LogP contribution < -0.4 is 10.6 Å². The van der Waals surface area contributed by atoms with Gasteiger partial charge in [-0.3, -0.25) is 9.48 Å². The van der Waals surface area contributed by atoms with Gasteiger partial charge in [-0.2, -0.15) is 5.10 Å². The van der Waals surface area contributed by atoms with E-state index >= 15 is 0 Å². The van der Waals surface area contributed by atoms with Crippen LogP contribution in [0, 0.1) is 18.6 Å². The lowest BCUT2D eigenvalue weighted by Crippen LogP contribution is -2.54. The number of amides is 1. The molecule has 0 fully saturated rings. The average Bonchev–Trinajstić information content (AvgIpc) is 3.21. The topological polar surface area (TPSA) is 79.2 Å².